The van der Waals surface area contributed by atoms with Crippen LogP contribution >= 0.6 is 0 Å². The number of hydrogen-bond acceptors (Lipinski definition) is 3. The number of anilines is 1. The largest absolute Gasteiger partial charge is 0.480 e. The molecule has 0 spiro atoms. The van der Waals surface area contributed by atoms with Crippen LogP contribution in [0.15, 0.2) is 24.3 Å². The van der Waals surface area contributed by atoms with Crippen LogP contribution in [0.5, 0.6) is 0 Å². The normalized spacial score (nSPS) is 11.5. The Hall–Kier alpha value is -2.64. The fourth-order valence-corrected chi connectivity index (χ4v) is 1.69. The minimum absolute atomic E-state index is 0.236. The van der Waals surface area contributed by atoms with Crippen molar-refractivity contribution in [1.82, 2.24) is 5.32 Å². The van der Waals surface area contributed by atoms with Gasteiger partial charge in [-0.2, -0.15) is 0 Å². The first kappa shape index (κ1) is 16.4. The summed E-state index contributed by atoms with van der Waals surface area (Å²) in [6, 6.07) is 3.03. The number of benzene rings is 1. The lowest BCUT2D eigenvalue weighted by atomic mass is 10.2. The molecule has 0 unspecified atom stereocenters. The van der Waals surface area contributed by atoms with Gasteiger partial charge in [0, 0.05) is 12.2 Å². The average Bonchev–Trinajstić information content (AvgIpc) is 2.40. The Morgan fingerprint density at radius 1 is 1.33 bits per heavy atom. The molecular formula is C13H16FN3O4. The zero-order valence-corrected chi connectivity index (χ0v) is 11.4. The third-order valence-electron chi connectivity index (χ3n) is 2.70. The second-order valence-corrected chi connectivity index (χ2v) is 4.23. The van der Waals surface area contributed by atoms with Gasteiger partial charge in [0.15, 0.2) is 0 Å². The van der Waals surface area contributed by atoms with E-state index in [9.17, 15) is 18.8 Å². The van der Waals surface area contributed by atoms with Crippen LogP contribution in [-0.4, -0.2) is 35.6 Å². The standard InChI is InChI=1S/C13H16FN3O4/c1-2-17(9-5-3-8(14)4-6-9)13(21)16-10(12(19)20)7-11(15)18/h3-6,10H,2,7H2,1H3,(H2,15,18)(H,16,21)(H,19,20)/t10-/m1/s1. The van der Waals surface area contributed by atoms with Gasteiger partial charge in [0.1, 0.15) is 11.9 Å². The fraction of sp³-hybridized carbons (Fsp3) is 0.308. The number of nitrogens with two attached hydrogens (primary N) is 1. The monoisotopic (exact) mass is 297 g/mol. The summed E-state index contributed by atoms with van der Waals surface area (Å²) in [6.45, 7) is 1.91. The van der Waals surface area contributed by atoms with Crippen LogP contribution in [-0.2, 0) is 9.59 Å². The lowest BCUT2D eigenvalue weighted by Crippen LogP contribution is -2.49. The fourth-order valence-electron chi connectivity index (χ4n) is 1.69. The zero-order valence-electron chi connectivity index (χ0n) is 11.4. The molecule has 0 aliphatic heterocycles. The van der Waals surface area contributed by atoms with Crippen LogP contribution < -0.4 is 16.0 Å². The number of carbonyl (C=O) groups is 3. The maximum atomic E-state index is 12.9. The summed E-state index contributed by atoms with van der Waals surface area (Å²) >= 11 is 0. The van der Waals surface area contributed by atoms with Crippen LogP contribution in [0.3, 0.4) is 0 Å². The number of nitrogens with zero attached hydrogens (tertiary/aromatic N) is 1. The van der Waals surface area contributed by atoms with Gasteiger partial charge in [-0.1, -0.05) is 0 Å². The Morgan fingerprint density at radius 2 is 1.90 bits per heavy atom. The molecule has 0 radical (unpaired) electrons. The first-order chi connectivity index (χ1) is 9.85. The summed E-state index contributed by atoms with van der Waals surface area (Å²) < 4.78 is 12.9. The van der Waals surface area contributed by atoms with Gasteiger partial charge in [0.05, 0.1) is 6.42 Å². The van der Waals surface area contributed by atoms with Crippen LogP contribution in [0.1, 0.15) is 13.3 Å². The average molecular weight is 297 g/mol. The maximum Gasteiger partial charge on any atom is 0.326 e. The Kier molecular flexibility index (Phi) is 5.65. The Labute approximate surface area is 120 Å². The summed E-state index contributed by atoms with van der Waals surface area (Å²) in [5.41, 5.74) is 5.34. The molecule has 0 saturated carbocycles. The number of carboxylic acids is 1. The molecule has 0 aliphatic rings. The Bertz CT molecular complexity index is 533. The quantitative estimate of drug-likeness (QED) is 0.717. The van der Waals surface area contributed by atoms with E-state index in [1.165, 1.54) is 29.2 Å². The molecule has 0 aromatic heterocycles. The van der Waals surface area contributed by atoms with E-state index in [1.54, 1.807) is 6.92 Å². The summed E-state index contributed by atoms with van der Waals surface area (Å²) in [5, 5.41) is 11.1. The molecule has 4 N–H and O–H groups in total. The van der Waals surface area contributed by atoms with Crippen LogP contribution in [0, 0.1) is 5.82 Å². The third kappa shape index (κ3) is 4.75. The highest BCUT2D eigenvalue weighted by Crippen LogP contribution is 2.15. The van der Waals surface area contributed by atoms with E-state index < -0.39 is 36.2 Å². The van der Waals surface area contributed by atoms with Gasteiger partial charge in [-0.05, 0) is 31.2 Å². The van der Waals surface area contributed by atoms with Gasteiger partial charge in [0.25, 0.3) is 0 Å². The van der Waals surface area contributed by atoms with Crippen molar-refractivity contribution < 1.29 is 23.9 Å². The lowest BCUT2D eigenvalue weighted by Gasteiger charge is -2.23. The molecule has 3 amide bonds. The zero-order chi connectivity index (χ0) is 16.0. The van der Waals surface area contributed by atoms with E-state index in [0.717, 1.165) is 0 Å². The number of rotatable bonds is 6. The maximum absolute atomic E-state index is 12.9. The molecule has 7 nitrogen and oxygen atoms in total. The second-order valence-electron chi connectivity index (χ2n) is 4.23. The number of aliphatic carboxylic acids is 1. The van der Waals surface area contributed by atoms with Crippen molar-refractivity contribution in [2.45, 2.75) is 19.4 Å². The van der Waals surface area contributed by atoms with Crippen LogP contribution in [0.2, 0.25) is 0 Å². The molecule has 1 atom stereocenters. The van der Waals surface area contributed by atoms with Crippen molar-refractivity contribution in [2.24, 2.45) is 5.73 Å². The van der Waals surface area contributed by atoms with Crippen molar-refractivity contribution in [2.75, 3.05) is 11.4 Å². The molecule has 21 heavy (non-hydrogen) atoms. The molecule has 114 valence electrons. The van der Waals surface area contributed by atoms with E-state index in [4.69, 9.17) is 10.8 Å². The Balaban J connectivity index is 2.85. The number of hydrogen-bond donors (Lipinski definition) is 3. The number of urea groups is 1. The van der Waals surface area contributed by atoms with Crippen molar-refractivity contribution in [1.29, 1.82) is 0 Å². The first-order valence-corrected chi connectivity index (χ1v) is 6.19. The molecule has 1 rings (SSSR count). The lowest BCUT2D eigenvalue weighted by molar-refractivity contribution is -0.140. The van der Waals surface area contributed by atoms with E-state index in [2.05, 4.69) is 5.32 Å². The van der Waals surface area contributed by atoms with E-state index in [0.29, 0.717) is 5.69 Å². The molecular weight excluding hydrogens is 281 g/mol. The smallest absolute Gasteiger partial charge is 0.326 e. The Morgan fingerprint density at radius 3 is 2.33 bits per heavy atom. The van der Waals surface area contributed by atoms with Crippen molar-refractivity contribution in [3.63, 3.8) is 0 Å². The predicted octanol–water partition coefficient (Wildman–Crippen LogP) is 0.690. The number of carboxylic acid groups (broad SMARTS) is 1. The number of nitrogens with one attached hydrogen (secondary N) is 1. The molecule has 8 heteroatoms. The second kappa shape index (κ2) is 7.22. The number of amides is 3. The van der Waals surface area contributed by atoms with Gasteiger partial charge >= 0.3 is 12.0 Å². The number of carbonyl (C=O) groups excluding carboxylic acids is 2. The van der Waals surface area contributed by atoms with Gasteiger partial charge in [-0.3, -0.25) is 9.69 Å². The predicted molar refractivity (Wildman–Crippen MR) is 73.2 cm³/mol. The van der Waals surface area contributed by atoms with E-state index in [-0.39, 0.29) is 6.54 Å². The topological polar surface area (TPSA) is 113 Å². The molecule has 0 fully saturated rings. The van der Waals surface area contributed by atoms with Crippen molar-refractivity contribution in [3.05, 3.63) is 30.1 Å². The van der Waals surface area contributed by atoms with Gasteiger partial charge in [-0.25, -0.2) is 14.0 Å². The number of primary amides is 1. The highest BCUT2D eigenvalue weighted by atomic mass is 19.1. The minimum Gasteiger partial charge on any atom is -0.480 e. The third-order valence-corrected chi connectivity index (χ3v) is 2.70. The van der Waals surface area contributed by atoms with Gasteiger partial charge in [-0.15, -0.1) is 0 Å². The van der Waals surface area contributed by atoms with Crippen molar-refractivity contribution >= 4 is 23.6 Å². The SMILES string of the molecule is CCN(C(=O)N[C@H](CC(N)=O)C(=O)O)c1ccc(F)cc1. The van der Waals surface area contributed by atoms with Gasteiger partial charge in [0.2, 0.25) is 5.91 Å². The molecule has 1 aromatic carbocycles. The van der Waals surface area contributed by atoms with Crippen LogP contribution in [0.4, 0.5) is 14.9 Å². The highest BCUT2D eigenvalue weighted by Gasteiger charge is 2.24. The summed E-state index contributed by atoms with van der Waals surface area (Å²) in [6.07, 6.45) is -0.512. The molecule has 0 bridgehead atoms. The highest BCUT2D eigenvalue weighted by molar-refractivity contribution is 5.95. The van der Waals surface area contributed by atoms with Gasteiger partial charge < -0.3 is 16.2 Å². The minimum atomic E-state index is -1.41. The van der Waals surface area contributed by atoms with Crippen LogP contribution in [0.25, 0.3) is 0 Å². The van der Waals surface area contributed by atoms with E-state index >= 15 is 0 Å². The molecule has 1 aromatic rings. The molecule has 0 heterocycles. The number of halogens is 1. The molecule has 0 aliphatic carbocycles. The molecule has 0 saturated heterocycles. The van der Waals surface area contributed by atoms with E-state index in [1.807, 2.05) is 0 Å². The first-order valence-electron chi connectivity index (χ1n) is 6.19. The van der Waals surface area contributed by atoms with Crippen molar-refractivity contribution in [3.8, 4) is 0 Å². The summed E-state index contributed by atoms with van der Waals surface area (Å²) in [5.74, 6) is -2.66. The summed E-state index contributed by atoms with van der Waals surface area (Å²) in [7, 11) is 0. The summed E-state index contributed by atoms with van der Waals surface area (Å²) in [4.78, 5) is 35.0.